The maximum atomic E-state index is 12.3. The molecule has 0 spiro atoms. The lowest BCUT2D eigenvalue weighted by Gasteiger charge is -2.26. The number of hydrogen-bond acceptors (Lipinski definition) is 4. The van der Waals surface area contributed by atoms with E-state index in [1.165, 1.54) is 11.3 Å². The van der Waals surface area contributed by atoms with Gasteiger partial charge in [0.2, 0.25) is 5.91 Å². The van der Waals surface area contributed by atoms with Crippen LogP contribution >= 0.6 is 34.7 Å². The average molecular weight is 381 g/mol. The van der Waals surface area contributed by atoms with Gasteiger partial charge < -0.3 is 10.2 Å². The molecule has 1 aliphatic rings. The van der Waals surface area contributed by atoms with Crippen LogP contribution in [-0.4, -0.2) is 41.3 Å². The highest BCUT2D eigenvalue weighted by atomic mass is 35.5. The van der Waals surface area contributed by atoms with Crippen molar-refractivity contribution in [2.24, 2.45) is 0 Å². The summed E-state index contributed by atoms with van der Waals surface area (Å²) in [7, 11) is 0. The maximum Gasteiger partial charge on any atom is 0.265 e. The lowest BCUT2D eigenvalue weighted by atomic mass is 10.1. The fourth-order valence-electron chi connectivity index (χ4n) is 2.43. The second-order valence-corrected chi connectivity index (χ2v) is 8.36. The normalized spacial score (nSPS) is 14.5. The van der Waals surface area contributed by atoms with Crippen LogP contribution in [0.4, 0.5) is 5.69 Å². The zero-order valence-electron chi connectivity index (χ0n) is 13.0. The first-order valence-corrected chi connectivity index (χ1v) is 9.98. The van der Waals surface area contributed by atoms with Crippen LogP contribution in [0.3, 0.4) is 0 Å². The Balaban J connectivity index is 1.56. The number of thioether (sulfide) groups is 1. The van der Waals surface area contributed by atoms with Crippen LogP contribution in [0, 0.1) is 0 Å². The van der Waals surface area contributed by atoms with E-state index in [4.69, 9.17) is 11.6 Å². The van der Waals surface area contributed by atoms with Crippen molar-refractivity contribution < 1.29 is 9.59 Å². The molecule has 126 valence electrons. The first-order valence-electron chi connectivity index (χ1n) is 7.63. The molecule has 2 heterocycles. The van der Waals surface area contributed by atoms with Gasteiger partial charge in [0, 0.05) is 30.3 Å². The van der Waals surface area contributed by atoms with Gasteiger partial charge in [-0.1, -0.05) is 23.7 Å². The van der Waals surface area contributed by atoms with Crippen LogP contribution in [-0.2, 0) is 11.2 Å². The molecule has 1 aliphatic heterocycles. The molecule has 4 nitrogen and oxygen atoms in total. The third-order valence-corrected chi connectivity index (χ3v) is 5.90. The highest BCUT2D eigenvalue weighted by molar-refractivity contribution is 7.99. The van der Waals surface area contributed by atoms with Gasteiger partial charge in [-0.05, 0) is 29.8 Å². The van der Waals surface area contributed by atoms with Gasteiger partial charge in [-0.2, -0.15) is 11.8 Å². The second-order valence-electron chi connectivity index (χ2n) is 5.42. The van der Waals surface area contributed by atoms with Crippen LogP contribution in [0.1, 0.15) is 15.2 Å². The molecule has 0 saturated carbocycles. The van der Waals surface area contributed by atoms with Crippen LogP contribution in [0.5, 0.6) is 0 Å². The van der Waals surface area contributed by atoms with Crippen LogP contribution < -0.4 is 5.32 Å². The minimum absolute atomic E-state index is 0.167. The number of nitrogens with zero attached hydrogens (tertiary/aromatic N) is 1. The summed E-state index contributed by atoms with van der Waals surface area (Å²) in [5, 5.41) is 2.83. The second kappa shape index (κ2) is 8.05. The minimum Gasteiger partial charge on any atom is -0.341 e. The number of rotatable bonds is 4. The predicted octanol–water partition coefficient (Wildman–Crippen LogP) is 3.77. The monoisotopic (exact) mass is 380 g/mol. The van der Waals surface area contributed by atoms with Crippen molar-refractivity contribution >= 4 is 52.2 Å². The molecule has 1 aromatic carbocycles. The van der Waals surface area contributed by atoms with E-state index in [1.54, 1.807) is 12.1 Å². The summed E-state index contributed by atoms with van der Waals surface area (Å²) in [5.41, 5.74) is 1.66. The number of halogens is 1. The molecule has 0 radical (unpaired) electrons. The van der Waals surface area contributed by atoms with E-state index in [-0.39, 0.29) is 11.8 Å². The maximum absolute atomic E-state index is 12.3. The van der Waals surface area contributed by atoms with Crippen molar-refractivity contribution in [1.82, 2.24) is 4.90 Å². The summed E-state index contributed by atoms with van der Waals surface area (Å²) in [6.45, 7) is 1.67. The van der Waals surface area contributed by atoms with Gasteiger partial charge in [0.25, 0.3) is 5.91 Å². The average Bonchev–Trinajstić information content (AvgIpc) is 3.04. The first kappa shape index (κ1) is 17.3. The molecule has 7 heteroatoms. The summed E-state index contributed by atoms with van der Waals surface area (Å²) in [4.78, 5) is 26.8. The van der Waals surface area contributed by atoms with Gasteiger partial charge in [-0.15, -0.1) is 11.3 Å². The van der Waals surface area contributed by atoms with Crippen LogP contribution in [0.15, 0.2) is 36.4 Å². The van der Waals surface area contributed by atoms with Crippen molar-refractivity contribution in [3.05, 3.63) is 51.2 Å². The van der Waals surface area contributed by atoms with Crippen molar-refractivity contribution in [1.29, 1.82) is 0 Å². The fraction of sp³-hybridized carbons (Fsp3) is 0.294. The van der Waals surface area contributed by atoms with Gasteiger partial charge >= 0.3 is 0 Å². The first-order chi connectivity index (χ1) is 11.6. The summed E-state index contributed by atoms with van der Waals surface area (Å²) < 4.78 is 0.588. The number of benzene rings is 1. The lowest BCUT2D eigenvalue weighted by molar-refractivity contribution is -0.130. The van der Waals surface area contributed by atoms with Crippen LogP contribution in [0.2, 0.25) is 4.34 Å². The molecular formula is C17H17ClN2O2S2. The molecule has 3 rings (SSSR count). The number of carbonyl (C=O) groups excluding carboxylic acids is 2. The Labute approximate surface area is 154 Å². The van der Waals surface area contributed by atoms with E-state index >= 15 is 0 Å². The fourth-order valence-corrected chi connectivity index (χ4v) is 4.28. The van der Waals surface area contributed by atoms with E-state index in [9.17, 15) is 9.59 Å². The van der Waals surface area contributed by atoms with Gasteiger partial charge in [-0.3, -0.25) is 9.59 Å². The quantitative estimate of drug-likeness (QED) is 0.878. The van der Waals surface area contributed by atoms with Gasteiger partial charge in [0.15, 0.2) is 0 Å². The Morgan fingerprint density at radius 1 is 1.08 bits per heavy atom. The largest absolute Gasteiger partial charge is 0.341 e. The van der Waals surface area contributed by atoms with E-state index in [1.807, 2.05) is 40.9 Å². The molecule has 2 aromatic rings. The molecule has 24 heavy (non-hydrogen) atoms. The molecule has 1 fully saturated rings. The topological polar surface area (TPSA) is 49.4 Å². The van der Waals surface area contributed by atoms with Crippen molar-refractivity contribution in [3.63, 3.8) is 0 Å². The van der Waals surface area contributed by atoms with E-state index < -0.39 is 0 Å². The van der Waals surface area contributed by atoms with E-state index in [0.717, 1.165) is 30.2 Å². The number of hydrogen-bond donors (Lipinski definition) is 1. The van der Waals surface area contributed by atoms with E-state index in [0.29, 0.717) is 21.3 Å². The number of anilines is 1. The molecule has 1 aromatic heterocycles. The van der Waals surface area contributed by atoms with Gasteiger partial charge in [0.05, 0.1) is 15.6 Å². The Kier molecular flexibility index (Phi) is 5.81. The summed E-state index contributed by atoms with van der Waals surface area (Å²) in [6.07, 6.45) is 0.402. The molecule has 0 aliphatic carbocycles. The number of amides is 2. The summed E-state index contributed by atoms with van der Waals surface area (Å²) in [6, 6.07) is 10.8. The molecule has 0 bridgehead atoms. The summed E-state index contributed by atoms with van der Waals surface area (Å²) >= 11 is 8.97. The Morgan fingerprint density at radius 2 is 1.79 bits per heavy atom. The number of thiophene rings is 1. The molecule has 1 N–H and O–H groups in total. The third-order valence-electron chi connectivity index (χ3n) is 3.73. The van der Waals surface area contributed by atoms with Gasteiger partial charge in [0.1, 0.15) is 0 Å². The number of nitrogens with one attached hydrogen (secondary N) is 1. The minimum atomic E-state index is -0.179. The Morgan fingerprint density at radius 3 is 2.42 bits per heavy atom. The Hall–Kier alpha value is -1.50. The zero-order valence-corrected chi connectivity index (χ0v) is 15.3. The Bertz CT molecular complexity index is 724. The highest BCUT2D eigenvalue weighted by Crippen LogP contribution is 2.22. The summed E-state index contributed by atoms with van der Waals surface area (Å²) in [5.74, 6) is 2.02. The van der Waals surface area contributed by atoms with Crippen molar-refractivity contribution in [2.45, 2.75) is 6.42 Å². The highest BCUT2D eigenvalue weighted by Gasteiger charge is 2.17. The van der Waals surface area contributed by atoms with E-state index in [2.05, 4.69) is 5.32 Å². The van der Waals surface area contributed by atoms with Crippen molar-refractivity contribution in [3.8, 4) is 0 Å². The molecule has 0 unspecified atom stereocenters. The molecule has 0 atom stereocenters. The molecular weight excluding hydrogens is 364 g/mol. The molecule has 2 amide bonds. The third kappa shape index (κ3) is 4.53. The van der Waals surface area contributed by atoms with Gasteiger partial charge in [-0.25, -0.2) is 0 Å². The lowest BCUT2D eigenvalue weighted by Crippen LogP contribution is -2.38. The van der Waals surface area contributed by atoms with Crippen LogP contribution in [0.25, 0.3) is 0 Å². The molecule has 1 saturated heterocycles. The smallest absolute Gasteiger partial charge is 0.265 e. The number of carbonyl (C=O) groups is 2. The van der Waals surface area contributed by atoms with Crippen molar-refractivity contribution in [2.75, 3.05) is 29.9 Å². The predicted molar refractivity (Wildman–Crippen MR) is 101 cm³/mol. The zero-order chi connectivity index (χ0) is 16.9. The standard InChI is InChI=1S/C17H17ClN2O2S2/c18-15-6-5-14(24-15)17(22)19-13-3-1-12(2-4-13)11-16(21)20-7-9-23-10-8-20/h1-6H,7-11H2,(H,19,22). The SMILES string of the molecule is O=C(Nc1ccc(CC(=O)N2CCSCC2)cc1)c1ccc(Cl)s1.